The normalized spacial score (nSPS) is 10.9. The maximum Gasteiger partial charge on any atom is 0.0991 e. The standard InChI is InChI=1S/C48H30N6/c49-31-32-11-13-38(14-12-32)47-48(54-44-10-2-1-9-43(44)53-47)39-25-15-33(16-26-39)40-29-45(36-21-17-34(18-22-36)41-7-3-5-27-50-41)52-46(30-40)37-23-19-35(20-24-37)42-8-4-6-28-51-42/h1-30H. The highest BCUT2D eigenvalue weighted by atomic mass is 14.8. The quantitative estimate of drug-likeness (QED) is 0.165. The van der Waals surface area contributed by atoms with Gasteiger partial charge in [-0.25, -0.2) is 15.0 Å². The molecule has 0 fully saturated rings. The van der Waals surface area contributed by atoms with Crippen LogP contribution in [0.1, 0.15) is 5.56 Å². The molecule has 0 saturated heterocycles. The second-order valence-electron chi connectivity index (χ2n) is 12.9. The minimum Gasteiger partial charge on any atom is -0.256 e. The van der Waals surface area contributed by atoms with E-state index < -0.39 is 0 Å². The highest BCUT2D eigenvalue weighted by Gasteiger charge is 2.15. The van der Waals surface area contributed by atoms with Gasteiger partial charge in [0.05, 0.1) is 56.8 Å². The van der Waals surface area contributed by atoms with Crippen LogP contribution in [0, 0.1) is 11.3 Å². The fourth-order valence-electron chi connectivity index (χ4n) is 6.61. The fourth-order valence-corrected chi connectivity index (χ4v) is 6.61. The SMILES string of the molecule is N#Cc1ccc(-c2nc3ccccc3nc2-c2ccc(-c3cc(-c4ccc(-c5ccccn5)cc4)nc(-c4ccc(-c5ccccn5)cc4)c3)cc2)cc1. The summed E-state index contributed by atoms with van der Waals surface area (Å²) < 4.78 is 0. The first kappa shape index (κ1) is 32.3. The number of para-hydroxylation sites is 2. The van der Waals surface area contributed by atoms with Crippen molar-refractivity contribution in [1.82, 2.24) is 24.9 Å². The van der Waals surface area contributed by atoms with Crippen LogP contribution in [0.3, 0.4) is 0 Å². The van der Waals surface area contributed by atoms with Crippen molar-refractivity contribution in [2.45, 2.75) is 0 Å². The van der Waals surface area contributed by atoms with Gasteiger partial charge in [0.15, 0.2) is 0 Å². The molecule has 6 heteroatoms. The van der Waals surface area contributed by atoms with E-state index in [9.17, 15) is 5.26 Å². The molecule has 0 aliphatic heterocycles. The molecule has 4 aromatic heterocycles. The topological polar surface area (TPSA) is 88.2 Å². The minimum absolute atomic E-state index is 0.600. The van der Waals surface area contributed by atoms with E-state index >= 15 is 0 Å². The Morgan fingerprint density at radius 1 is 0.333 bits per heavy atom. The Bertz CT molecular complexity index is 2670. The van der Waals surface area contributed by atoms with Crippen molar-refractivity contribution < 1.29 is 0 Å². The fraction of sp³-hybridized carbons (Fsp3) is 0. The number of rotatable bonds is 7. The molecular formula is C48H30N6. The maximum atomic E-state index is 9.38. The summed E-state index contributed by atoms with van der Waals surface area (Å²) in [5, 5.41) is 9.38. The number of aromatic nitrogens is 5. The van der Waals surface area contributed by atoms with Gasteiger partial charge in [0.25, 0.3) is 0 Å². The summed E-state index contributed by atoms with van der Waals surface area (Å²) in [5.74, 6) is 0. The summed E-state index contributed by atoms with van der Waals surface area (Å²) in [5.41, 5.74) is 15.4. The van der Waals surface area contributed by atoms with Crippen LogP contribution in [0.5, 0.6) is 0 Å². The van der Waals surface area contributed by atoms with Crippen LogP contribution >= 0.6 is 0 Å². The van der Waals surface area contributed by atoms with E-state index in [1.807, 2.05) is 97.3 Å². The summed E-state index contributed by atoms with van der Waals surface area (Å²) in [6.45, 7) is 0. The van der Waals surface area contributed by atoms with Crippen LogP contribution in [-0.2, 0) is 0 Å². The first-order valence-electron chi connectivity index (χ1n) is 17.6. The van der Waals surface area contributed by atoms with E-state index in [2.05, 4.69) is 101 Å². The van der Waals surface area contributed by atoms with Crippen molar-refractivity contribution in [3.8, 4) is 84.7 Å². The number of hydrogen-bond donors (Lipinski definition) is 0. The Balaban J connectivity index is 1.12. The molecule has 5 aromatic carbocycles. The molecule has 0 amide bonds. The van der Waals surface area contributed by atoms with E-state index in [0.29, 0.717) is 5.56 Å². The lowest BCUT2D eigenvalue weighted by Gasteiger charge is -2.13. The molecule has 0 bridgehead atoms. The number of hydrogen-bond acceptors (Lipinski definition) is 6. The van der Waals surface area contributed by atoms with Crippen LogP contribution in [-0.4, -0.2) is 24.9 Å². The Labute approximate surface area is 312 Å². The van der Waals surface area contributed by atoms with Gasteiger partial charge in [0.2, 0.25) is 0 Å². The van der Waals surface area contributed by atoms with Crippen molar-refractivity contribution in [3.63, 3.8) is 0 Å². The van der Waals surface area contributed by atoms with Crippen molar-refractivity contribution in [1.29, 1.82) is 5.26 Å². The van der Waals surface area contributed by atoms with E-state index in [0.717, 1.165) is 89.7 Å². The summed E-state index contributed by atoms with van der Waals surface area (Å²) in [7, 11) is 0. The Morgan fingerprint density at radius 2 is 0.722 bits per heavy atom. The summed E-state index contributed by atoms with van der Waals surface area (Å²) >= 11 is 0. The number of fused-ring (bicyclic) bond motifs is 1. The molecule has 0 aliphatic carbocycles. The molecule has 4 heterocycles. The van der Waals surface area contributed by atoms with Gasteiger partial charge in [-0.2, -0.15) is 5.26 Å². The zero-order chi connectivity index (χ0) is 36.3. The smallest absolute Gasteiger partial charge is 0.0991 e. The second-order valence-corrected chi connectivity index (χ2v) is 12.9. The van der Waals surface area contributed by atoms with Crippen LogP contribution in [0.15, 0.2) is 182 Å². The van der Waals surface area contributed by atoms with Crippen molar-refractivity contribution in [3.05, 3.63) is 188 Å². The summed E-state index contributed by atoms with van der Waals surface area (Å²) in [6.07, 6.45) is 3.62. The van der Waals surface area contributed by atoms with Gasteiger partial charge in [-0.05, 0) is 71.8 Å². The molecule has 9 aromatic rings. The van der Waals surface area contributed by atoms with Gasteiger partial charge >= 0.3 is 0 Å². The first-order valence-corrected chi connectivity index (χ1v) is 17.6. The molecule has 6 nitrogen and oxygen atoms in total. The predicted octanol–water partition coefficient (Wildman–Crippen LogP) is 11.4. The third-order valence-electron chi connectivity index (χ3n) is 9.46. The molecule has 0 atom stereocenters. The maximum absolute atomic E-state index is 9.38. The van der Waals surface area contributed by atoms with Crippen molar-refractivity contribution in [2.24, 2.45) is 0 Å². The molecule has 0 saturated carbocycles. The highest BCUT2D eigenvalue weighted by Crippen LogP contribution is 2.35. The van der Waals surface area contributed by atoms with E-state index in [1.165, 1.54) is 0 Å². The Hall–Kier alpha value is -7.62. The van der Waals surface area contributed by atoms with Crippen molar-refractivity contribution >= 4 is 11.0 Å². The average Bonchev–Trinajstić information content (AvgIpc) is 3.26. The van der Waals surface area contributed by atoms with Gasteiger partial charge in [0.1, 0.15) is 0 Å². The molecule has 54 heavy (non-hydrogen) atoms. The molecule has 9 rings (SSSR count). The highest BCUT2D eigenvalue weighted by molar-refractivity contribution is 5.87. The van der Waals surface area contributed by atoms with Gasteiger partial charge in [-0.1, -0.05) is 109 Å². The molecule has 0 aliphatic rings. The van der Waals surface area contributed by atoms with Gasteiger partial charge in [0, 0.05) is 45.8 Å². The molecule has 252 valence electrons. The summed E-state index contributed by atoms with van der Waals surface area (Å²) in [4.78, 5) is 24.4. The van der Waals surface area contributed by atoms with E-state index in [1.54, 1.807) is 0 Å². The van der Waals surface area contributed by atoms with Gasteiger partial charge < -0.3 is 0 Å². The Kier molecular flexibility index (Phi) is 8.48. The molecule has 0 unspecified atom stereocenters. The zero-order valence-corrected chi connectivity index (χ0v) is 29.0. The van der Waals surface area contributed by atoms with E-state index in [-0.39, 0.29) is 0 Å². The molecular weight excluding hydrogens is 661 g/mol. The lowest BCUT2D eigenvalue weighted by molar-refractivity contribution is 1.29. The average molecular weight is 691 g/mol. The van der Waals surface area contributed by atoms with Crippen LogP contribution in [0.4, 0.5) is 0 Å². The third-order valence-corrected chi connectivity index (χ3v) is 9.46. The molecule has 0 N–H and O–H groups in total. The number of benzene rings is 5. The molecule has 0 radical (unpaired) electrons. The van der Waals surface area contributed by atoms with Crippen LogP contribution < -0.4 is 0 Å². The second kappa shape index (κ2) is 14.2. The summed E-state index contributed by atoms with van der Waals surface area (Å²) in [6, 6.07) is 59.0. The Morgan fingerprint density at radius 3 is 1.15 bits per heavy atom. The number of pyridine rings is 3. The van der Waals surface area contributed by atoms with Gasteiger partial charge in [-0.15, -0.1) is 0 Å². The number of nitriles is 1. The largest absolute Gasteiger partial charge is 0.256 e. The lowest BCUT2D eigenvalue weighted by atomic mass is 9.96. The number of nitrogens with zero attached hydrogens (tertiary/aromatic N) is 6. The first-order chi connectivity index (χ1) is 26.7. The monoisotopic (exact) mass is 690 g/mol. The molecule has 0 spiro atoms. The third kappa shape index (κ3) is 6.50. The van der Waals surface area contributed by atoms with Crippen LogP contribution in [0.25, 0.3) is 89.7 Å². The van der Waals surface area contributed by atoms with Crippen LogP contribution in [0.2, 0.25) is 0 Å². The van der Waals surface area contributed by atoms with Gasteiger partial charge in [-0.3, -0.25) is 9.97 Å². The predicted molar refractivity (Wildman–Crippen MR) is 216 cm³/mol. The van der Waals surface area contributed by atoms with Crippen molar-refractivity contribution in [2.75, 3.05) is 0 Å². The van der Waals surface area contributed by atoms with E-state index in [4.69, 9.17) is 15.0 Å². The minimum atomic E-state index is 0.600. The zero-order valence-electron chi connectivity index (χ0n) is 29.0. The lowest BCUT2D eigenvalue weighted by Crippen LogP contribution is -1.96.